The summed E-state index contributed by atoms with van der Waals surface area (Å²) in [6.45, 7) is 5.87. The lowest BCUT2D eigenvalue weighted by molar-refractivity contribution is 0.474. The Kier molecular flexibility index (Phi) is 3.90. The van der Waals surface area contributed by atoms with Crippen molar-refractivity contribution >= 4 is 11.8 Å². The minimum Gasteiger partial charge on any atom is -0.508 e. The van der Waals surface area contributed by atoms with E-state index in [4.69, 9.17) is 0 Å². The molecular formula is C11H14OS. The standard InChI is InChI=1S/C11H14OS/c1-9(2)6-7-13-11-5-3-4-10(12)8-11/h3-5,8,12H,1,6-7H2,2H3. The molecule has 0 unspecified atom stereocenters. The molecule has 1 aromatic carbocycles. The Morgan fingerprint density at radius 1 is 1.54 bits per heavy atom. The third-order valence-electron chi connectivity index (χ3n) is 1.62. The quantitative estimate of drug-likeness (QED) is 0.585. The van der Waals surface area contributed by atoms with Gasteiger partial charge in [0.1, 0.15) is 5.75 Å². The van der Waals surface area contributed by atoms with E-state index >= 15 is 0 Å². The molecular weight excluding hydrogens is 180 g/mol. The van der Waals surface area contributed by atoms with Crippen molar-refractivity contribution in [2.45, 2.75) is 18.2 Å². The molecule has 0 aliphatic heterocycles. The largest absolute Gasteiger partial charge is 0.508 e. The summed E-state index contributed by atoms with van der Waals surface area (Å²) in [5, 5.41) is 9.19. The minimum atomic E-state index is 0.334. The van der Waals surface area contributed by atoms with Gasteiger partial charge >= 0.3 is 0 Å². The van der Waals surface area contributed by atoms with Gasteiger partial charge in [-0.05, 0) is 31.5 Å². The van der Waals surface area contributed by atoms with Crippen molar-refractivity contribution in [2.24, 2.45) is 0 Å². The number of aromatic hydroxyl groups is 1. The molecule has 0 amide bonds. The van der Waals surface area contributed by atoms with Crippen molar-refractivity contribution in [2.75, 3.05) is 5.75 Å². The van der Waals surface area contributed by atoms with Crippen LogP contribution in [0.4, 0.5) is 0 Å². The van der Waals surface area contributed by atoms with Crippen LogP contribution >= 0.6 is 11.8 Å². The van der Waals surface area contributed by atoms with E-state index in [1.54, 1.807) is 23.9 Å². The van der Waals surface area contributed by atoms with Crippen LogP contribution in [0.1, 0.15) is 13.3 Å². The highest BCUT2D eigenvalue weighted by Gasteiger charge is 1.95. The highest BCUT2D eigenvalue weighted by atomic mass is 32.2. The molecule has 0 aliphatic rings. The van der Waals surface area contributed by atoms with Gasteiger partial charge in [-0.1, -0.05) is 11.6 Å². The predicted molar refractivity (Wildman–Crippen MR) is 58.3 cm³/mol. The topological polar surface area (TPSA) is 20.2 Å². The molecule has 1 rings (SSSR count). The summed E-state index contributed by atoms with van der Waals surface area (Å²) >= 11 is 1.74. The van der Waals surface area contributed by atoms with Gasteiger partial charge in [-0.25, -0.2) is 0 Å². The van der Waals surface area contributed by atoms with Crippen molar-refractivity contribution in [1.82, 2.24) is 0 Å². The molecule has 70 valence electrons. The van der Waals surface area contributed by atoms with E-state index in [-0.39, 0.29) is 0 Å². The second kappa shape index (κ2) is 4.97. The van der Waals surface area contributed by atoms with Crippen molar-refractivity contribution in [3.8, 4) is 5.75 Å². The summed E-state index contributed by atoms with van der Waals surface area (Å²) in [5.41, 5.74) is 1.20. The fourth-order valence-electron chi connectivity index (χ4n) is 0.916. The van der Waals surface area contributed by atoms with E-state index in [1.807, 2.05) is 19.1 Å². The number of benzene rings is 1. The Labute approximate surface area is 83.5 Å². The molecule has 1 nitrogen and oxygen atoms in total. The second-order valence-corrected chi connectivity index (χ2v) is 4.22. The molecule has 2 heteroatoms. The molecule has 0 spiro atoms. The van der Waals surface area contributed by atoms with Gasteiger partial charge in [-0.15, -0.1) is 18.3 Å². The maximum Gasteiger partial charge on any atom is 0.116 e. The maximum atomic E-state index is 9.19. The predicted octanol–water partition coefficient (Wildman–Crippen LogP) is 3.45. The van der Waals surface area contributed by atoms with Crippen LogP contribution in [0, 0.1) is 0 Å². The number of phenols is 1. The number of hydrogen-bond donors (Lipinski definition) is 1. The molecule has 0 saturated heterocycles. The lowest BCUT2D eigenvalue weighted by atomic mass is 10.3. The Balaban J connectivity index is 2.41. The summed E-state index contributed by atoms with van der Waals surface area (Å²) in [4.78, 5) is 1.11. The molecule has 0 saturated carbocycles. The van der Waals surface area contributed by atoms with Crippen LogP contribution in [0.2, 0.25) is 0 Å². The Morgan fingerprint density at radius 2 is 2.31 bits per heavy atom. The van der Waals surface area contributed by atoms with Gasteiger partial charge < -0.3 is 5.11 Å². The first kappa shape index (κ1) is 10.2. The first-order chi connectivity index (χ1) is 6.18. The van der Waals surface area contributed by atoms with Crippen LogP contribution in [-0.2, 0) is 0 Å². The van der Waals surface area contributed by atoms with Crippen molar-refractivity contribution in [1.29, 1.82) is 0 Å². The molecule has 0 atom stereocenters. The number of allylic oxidation sites excluding steroid dienone is 1. The van der Waals surface area contributed by atoms with Crippen molar-refractivity contribution in [3.63, 3.8) is 0 Å². The third-order valence-corrected chi connectivity index (χ3v) is 2.61. The summed E-state index contributed by atoms with van der Waals surface area (Å²) in [6.07, 6.45) is 1.03. The Hall–Kier alpha value is -0.890. The van der Waals surface area contributed by atoms with Gasteiger partial charge in [0.05, 0.1) is 0 Å². The van der Waals surface area contributed by atoms with Crippen LogP contribution in [0.5, 0.6) is 5.75 Å². The average Bonchev–Trinajstić information content (AvgIpc) is 2.03. The summed E-state index contributed by atoms with van der Waals surface area (Å²) in [7, 11) is 0. The number of hydrogen-bond acceptors (Lipinski definition) is 2. The lowest BCUT2D eigenvalue weighted by Gasteiger charge is -2.01. The van der Waals surface area contributed by atoms with Crippen molar-refractivity contribution < 1.29 is 5.11 Å². The highest BCUT2D eigenvalue weighted by Crippen LogP contribution is 2.23. The van der Waals surface area contributed by atoms with Gasteiger partial charge in [-0.2, -0.15) is 0 Å². The Morgan fingerprint density at radius 3 is 2.92 bits per heavy atom. The molecule has 0 heterocycles. The van der Waals surface area contributed by atoms with Gasteiger partial charge in [-0.3, -0.25) is 0 Å². The van der Waals surface area contributed by atoms with Gasteiger partial charge in [0, 0.05) is 10.6 Å². The van der Waals surface area contributed by atoms with E-state index in [0.717, 1.165) is 17.1 Å². The van der Waals surface area contributed by atoms with Crippen molar-refractivity contribution in [3.05, 3.63) is 36.4 Å². The third kappa shape index (κ3) is 4.04. The molecule has 1 aromatic rings. The lowest BCUT2D eigenvalue weighted by Crippen LogP contribution is -1.80. The van der Waals surface area contributed by atoms with Crippen LogP contribution in [0.15, 0.2) is 41.3 Å². The fourth-order valence-corrected chi connectivity index (χ4v) is 1.98. The average molecular weight is 194 g/mol. The SMILES string of the molecule is C=C(C)CCSc1cccc(O)c1. The number of phenolic OH excluding ortho intramolecular Hbond substituents is 1. The minimum absolute atomic E-state index is 0.334. The van der Waals surface area contributed by atoms with Gasteiger partial charge in [0.15, 0.2) is 0 Å². The fraction of sp³-hybridized carbons (Fsp3) is 0.273. The first-order valence-electron chi connectivity index (χ1n) is 4.24. The van der Waals surface area contributed by atoms with E-state index in [1.165, 1.54) is 5.57 Å². The molecule has 13 heavy (non-hydrogen) atoms. The zero-order chi connectivity index (χ0) is 9.68. The van der Waals surface area contributed by atoms with Crippen LogP contribution in [-0.4, -0.2) is 10.9 Å². The maximum absolute atomic E-state index is 9.19. The zero-order valence-electron chi connectivity index (χ0n) is 7.79. The number of rotatable bonds is 4. The molecule has 0 fully saturated rings. The normalized spacial score (nSPS) is 9.92. The smallest absolute Gasteiger partial charge is 0.116 e. The van der Waals surface area contributed by atoms with E-state index in [2.05, 4.69) is 6.58 Å². The molecule has 0 aliphatic carbocycles. The zero-order valence-corrected chi connectivity index (χ0v) is 8.60. The number of thioether (sulfide) groups is 1. The Bertz CT molecular complexity index is 294. The van der Waals surface area contributed by atoms with Crippen LogP contribution in [0.25, 0.3) is 0 Å². The molecule has 0 radical (unpaired) electrons. The van der Waals surface area contributed by atoms with Crippen LogP contribution in [0.3, 0.4) is 0 Å². The summed E-state index contributed by atoms with van der Waals surface area (Å²) < 4.78 is 0. The monoisotopic (exact) mass is 194 g/mol. The van der Waals surface area contributed by atoms with Gasteiger partial charge in [0.25, 0.3) is 0 Å². The van der Waals surface area contributed by atoms with E-state index < -0.39 is 0 Å². The highest BCUT2D eigenvalue weighted by molar-refractivity contribution is 7.99. The first-order valence-corrected chi connectivity index (χ1v) is 5.23. The van der Waals surface area contributed by atoms with Crippen LogP contribution < -0.4 is 0 Å². The second-order valence-electron chi connectivity index (χ2n) is 3.05. The molecule has 0 bridgehead atoms. The van der Waals surface area contributed by atoms with E-state index in [9.17, 15) is 5.11 Å². The molecule has 0 aromatic heterocycles. The molecule has 1 N–H and O–H groups in total. The summed E-state index contributed by atoms with van der Waals surface area (Å²) in [5.74, 6) is 1.36. The summed E-state index contributed by atoms with van der Waals surface area (Å²) in [6, 6.07) is 7.33. The van der Waals surface area contributed by atoms with Gasteiger partial charge in [0.2, 0.25) is 0 Å². The van der Waals surface area contributed by atoms with E-state index in [0.29, 0.717) is 5.75 Å².